The van der Waals surface area contributed by atoms with Crippen molar-refractivity contribution in [1.29, 1.82) is 0 Å². The van der Waals surface area contributed by atoms with Crippen LogP contribution in [0.25, 0.3) is 5.57 Å². The van der Waals surface area contributed by atoms with Crippen LogP contribution >= 0.6 is 0 Å². The predicted molar refractivity (Wildman–Crippen MR) is 75.7 cm³/mol. The molecule has 0 radical (unpaired) electrons. The predicted octanol–water partition coefficient (Wildman–Crippen LogP) is 3.66. The Bertz CT molecular complexity index is 733. The average Bonchev–Trinajstić information content (AvgIpc) is 2.50. The van der Waals surface area contributed by atoms with Gasteiger partial charge in [0, 0.05) is 5.56 Å². The third kappa shape index (κ3) is 2.29. The first-order chi connectivity index (χ1) is 10.2. The molecule has 0 amide bonds. The smallest absolute Gasteiger partial charge is 0.339 e. The first-order valence-corrected chi connectivity index (χ1v) is 6.25. The van der Waals surface area contributed by atoms with E-state index in [0.717, 1.165) is 0 Å². The highest BCUT2D eigenvalue weighted by atomic mass is 16.6. The molecular weight excluding hydrogens is 272 g/mol. The highest BCUT2D eigenvalue weighted by Gasteiger charge is 2.25. The van der Waals surface area contributed by atoms with E-state index >= 15 is 0 Å². The van der Waals surface area contributed by atoms with E-state index < -0.39 is 5.97 Å². The summed E-state index contributed by atoms with van der Waals surface area (Å²) in [6.45, 7) is 0. The van der Waals surface area contributed by atoms with Gasteiger partial charge in [0.2, 0.25) is 0 Å². The van der Waals surface area contributed by atoms with Crippen LogP contribution in [0.1, 0.15) is 5.56 Å². The minimum atomic E-state index is -1.10. The molecule has 0 unspecified atom stereocenters. The minimum absolute atomic E-state index is 0.00247. The summed E-state index contributed by atoms with van der Waals surface area (Å²) in [5.41, 5.74) is 0.397. The maximum absolute atomic E-state index is 11.4. The summed E-state index contributed by atoms with van der Waals surface area (Å²) in [7, 11) is 1.39. The van der Waals surface area contributed by atoms with Crippen molar-refractivity contribution >= 4 is 11.5 Å². The van der Waals surface area contributed by atoms with Crippen molar-refractivity contribution in [2.75, 3.05) is 7.11 Å². The molecular formula is C16H12O5. The van der Waals surface area contributed by atoms with E-state index in [-0.39, 0.29) is 5.57 Å². The summed E-state index contributed by atoms with van der Waals surface area (Å²) in [5, 5.41) is 9.31. The molecule has 5 heteroatoms. The van der Waals surface area contributed by atoms with Crippen LogP contribution < -0.4 is 9.47 Å². The fourth-order valence-corrected chi connectivity index (χ4v) is 2.11. The summed E-state index contributed by atoms with van der Waals surface area (Å²) in [6.07, 6.45) is 1.17. The molecule has 2 aromatic carbocycles. The van der Waals surface area contributed by atoms with Crippen molar-refractivity contribution in [3.05, 3.63) is 54.3 Å². The van der Waals surface area contributed by atoms with E-state index in [4.69, 9.17) is 14.2 Å². The summed E-state index contributed by atoms with van der Waals surface area (Å²) < 4.78 is 16.4. The molecule has 1 N–H and O–H groups in total. The van der Waals surface area contributed by atoms with Gasteiger partial charge in [0.25, 0.3) is 0 Å². The van der Waals surface area contributed by atoms with Crippen LogP contribution in [-0.2, 0) is 9.53 Å². The van der Waals surface area contributed by atoms with Gasteiger partial charge in [-0.15, -0.1) is 0 Å². The monoisotopic (exact) mass is 284 g/mol. The second-order valence-electron chi connectivity index (χ2n) is 4.36. The van der Waals surface area contributed by atoms with Crippen LogP contribution in [0.3, 0.4) is 0 Å². The standard InChI is InChI=1S/C16H12O5/c1-19-9-11(16(17)18)10-5-4-8-14-15(10)21-13-7-3-2-6-12(13)20-14/h2-9H,1H3,(H,17,18). The Morgan fingerprint density at radius 1 is 1.05 bits per heavy atom. The Balaban J connectivity index is 2.12. The summed E-state index contributed by atoms with van der Waals surface area (Å²) in [6, 6.07) is 12.3. The van der Waals surface area contributed by atoms with E-state index in [1.165, 1.54) is 13.4 Å². The lowest BCUT2D eigenvalue weighted by molar-refractivity contribution is -0.130. The van der Waals surface area contributed by atoms with Crippen LogP contribution in [0.4, 0.5) is 0 Å². The van der Waals surface area contributed by atoms with Crippen molar-refractivity contribution in [2.24, 2.45) is 0 Å². The second kappa shape index (κ2) is 5.20. The van der Waals surface area contributed by atoms with Gasteiger partial charge in [-0.05, 0) is 24.3 Å². The molecule has 0 saturated heterocycles. The number of hydrogen-bond donors (Lipinski definition) is 1. The maximum atomic E-state index is 11.4. The highest BCUT2D eigenvalue weighted by molar-refractivity contribution is 6.16. The topological polar surface area (TPSA) is 65.0 Å². The third-order valence-electron chi connectivity index (χ3n) is 3.02. The number of carboxylic acid groups (broad SMARTS) is 1. The number of hydrogen-bond acceptors (Lipinski definition) is 4. The van der Waals surface area contributed by atoms with Crippen molar-refractivity contribution in [1.82, 2.24) is 0 Å². The summed E-state index contributed by atoms with van der Waals surface area (Å²) in [5.74, 6) is 0.860. The van der Waals surface area contributed by atoms with Gasteiger partial charge in [0.05, 0.1) is 13.4 Å². The van der Waals surface area contributed by atoms with Gasteiger partial charge >= 0.3 is 5.97 Å². The van der Waals surface area contributed by atoms with Crippen molar-refractivity contribution in [3.8, 4) is 23.0 Å². The number of methoxy groups -OCH3 is 1. The molecule has 1 aliphatic heterocycles. The Morgan fingerprint density at radius 2 is 1.71 bits per heavy atom. The summed E-state index contributed by atoms with van der Waals surface area (Å²) >= 11 is 0. The molecule has 21 heavy (non-hydrogen) atoms. The fraction of sp³-hybridized carbons (Fsp3) is 0.0625. The average molecular weight is 284 g/mol. The molecule has 0 aliphatic carbocycles. The lowest BCUT2D eigenvalue weighted by atomic mass is 10.0. The molecule has 2 aromatic rings. The van der Waals surface area contributed by atoms with Crippen LogP contribution in [0.5, 0.6) is 23.0 Å². The molecule has 0 aromatic heterocycles. The second-order valence-corrected chi connectivity index (χ2v) is 4.36. The zero-order valence-electron chi connectivity index (χ0n) is 11.2. The zero-order chi connectivity index (χ0) is 14.8. The quantitative estimate of drug-likeness (QED) is 0.587. The van der Waals surface area contributed by atoms with Crippen molar-refractivity contribution in [2.45, 2.75) is 0 Å². The number of para-hydroxylation sites is 3. The van der Waals surface area contributed by atoms with E-state index in [9.17, 15) is 9.90 Å². The number of benzene rings is 2. The maximum Gasteiger partial charge on any atom is 0.339 e. The van der Waals surface area contributed by atoms with Crippen LogP contribution in [0, 0.1) is 0 Å². The van der Waals surface area contributed by atoms with Gasteiger partial charge in [0.15, 0.2) is 23.0 Å². The van der Waals surface area contributed by atoms with E-state index in [0.29, 0.717) is 28.6 Å². The molecule has 106 valence electrons. The van der Waals surface area contributed by atoms with Crippen molar-refractivity contribution in [3.63, 3.8) is 0 Å². The molecule has 0 bridgehead atoms. The van der Waals surface area contributed by atoms with E-state index in [1.54, 1.807) is 30.3 Å². The van der Waals surface area contributed by atoms with Crippen LogP contribution in [0.15, 0.2) is 48.7 Å². The SMILES string of the molecule is COC=C(C(=O)O)c1cccc2c1Oc1ccccc1O2. The number of fused-ring (bicyclic) bond motifs is 2. The zero-order valence-corrected chi connectivity index (χ0v) is 11.2. The Hall–Kier alpha value is -2.95. The minimum Gasteiger partial charge on any atom is -0.503 e. The molecule has 5 nitrogen and oxygen atoms in total. The van der Waals surface area contributed by atoms with Gasteiger partial charge in [-0.3, -0.25) is 0 Å². The van der Waals surface area contributed by atoms with Gasteiger partial charge in [-0.2, -0.15) is 0 Å². The van der Waals surface area contributed by atoms with Crippen LogP contribution in [-0.4, -0.2) is 18.2 Å². The van der Waals surface area contributed by atoms with E-state index in [1.807, 2.05) is 12.1 Å². The molecule has 0 fully saturated rings. The van der Waals surface area contributed by atoms with E-state index in [2.05, 4.69) is 0 Å². The first kappa shape index (κ1) is 13.1. The number of aliphatic carboxylic acids is 1. The van der Waals surface area contributed by atoms with Gasteiger partial charge in [0.1, 0.15) is 5.57 Å². The lowest BCUT2D eigenvalue weighted by Crippen LogP contribution is -2.06. The third-order valence-corrected chi connectivity index (χ3v) is 3.02. The number of carbonyl (C=O) groups is 1. The molecule has 1 heterocycles. The number of ether oxygens (including phenoxy) is 3. The molecule has 0 spiro atoms. The Kier molecular flexibility index (Phi) is 3.23. The molecule has 0 saturated carbocycles. The first-order valence-electron chi connectivity index (χ1n) is 6.25. The highest BCUT2D eigenvalue weighted by Crippen LogP contribution is 2.48. The number of carboxylic acids is 1. The fourth-order valence-electron chi connectivity index (χ4n) is 2.11. The molecule has 0 atom stereocenters. The van der Waals surface area contributed by atoms with Crippen LogP contribution in [0.2, 0.25) is 0 Å². The Morgan fingerprint density at radius 3 is 2.38 bits per heavy atom. The summed E-state index contributed by atoms with van der Waals surface area (Å²) in [4.78, 5) is 11.4. The number of rotatable bonds is 3. The van der Waals surface area contributed by atoms with Gasteiger partial charge in [-0.1, -0.05) is 18.2 Å². The largest absolute Gasteiger partial charge is 0.503 e. The Labute approximate surface area is 121 Å². The molecule has 1 aliphatic rings. The lowest BCUT2D eigenvalue weighted by Gasteiger charge is -2.22. The van der Waals surface area contributed by atoms with Crippen molar-refractivity contribution < 1.29 is 24.1 Å². The van der Waals surface area contributed by atoms with Gasteiger partial charge < -0.3 is 19.3 Å². The molecule has 3 rings (SSSR count). The normalized spacial score (nSPS) is 12.5. The van der Waals surface area contributed by atoms with Gasteiger partial charge in [-0.25, -0.2) is 4.79 Å².